The smallest absolute Gasteiger partial charge is 0.168 e. The van der Waals surface area contributed by atoms with Gasteiger partial charge in [0.2, 0.25) is 0 Å². The van der Waals surface area contributed by atoms with E-state index in [4.69, 9.17) is 10.2 Å². The number of fused-ring (bicyclic) bond motifs is 2. The standard InChI is InChI=1S/C35H27N3/c1-24-15-17-25(18-16-24)26-19-21-28(22-20-26)35-37-36-34(27-9-3-2-4-10-27)38(35)33-31-13-7-5-11-29(31)23-30-12-6-8-14-32(30)33/h2-7,9-13,15-23H,8,14H2,1H3. The first-order valence-corrected chi connectivity index (χ1v) is 13.2. The summed E-state index contributed by atoms with van der Waals surface area (Å²) in [6, 6.07) is 38.7. The van der Waals surface area contributed by atoms with Crippen molar-refractivity contribution >= 4 is 16.8 Å². The Balaban J connectivity index is 1.48. The lowest BCUT2D eigenvalue weighted by Gasteiger charge is -2.22. The van der Waals surface area contributed by atoms with Gasteiger partial charge >= 0.3 is 0 Å². The molecule has 38 heavy (non-hydrogen) atoms. The molecule has 1 aliphatic rings. The van der Waals surface area contributed by atoms with E-state index in [1.54, 1.807) is 0 Å². The highest BCUT2D eigenvalue weighted by atomic mass is 15.3. The fraction of sp³-hybridized carbons (Fsp3) is 0.0857. The van der Waals surface area contributed by atoms with Crippen molar-refractivity contribution in [1.82, 2.24) is 14.8 Å². The lowest BCUT2D eigenvalue weighted by molar-refractivity contribution is 0.951. The average molecular weight is 490 g/mol. The van der Waals surface area contributed by atoms with Gasteiger partial charge in [0.05, 0.1) is 5.69 Å². The first-order valence-electron chi connectivity index (χ1n) is 13.2. The maximum atomic E-state index is 4.80. The molecular formula is C35H27N3. The monoisotopic (exact) mass is 489 g/mol. The molecule has 0 bridgehead atoms. The van der Waals surface area contributed by atoms with Crippen molar-refractivity contribution in [2.75, 3.05) is 0 Å². The van der Waals surface area contributed by atoms with Gasteiger partial charge < -0.3 is 0 Å². The molecule has 3 nitrogen and oxygen atoms in total. The van der Waals surface area contributed by atoms with Gasteiger partial charge in [0.15, 0.2) is 11.6 Å². The highest BCUT2D eigenvalue weighted by molar-refractivity contribution is 5.96. The Labute approximate surface area is 222 Å². The van der Waals surface area contributed by atoms with E-state index in [0.717, 1.165) is 35.6 Å². The van der Waals surface area contributed by atoms with Gasteiger partial charge in [-0.2, -0.15) is 0 Å². The predicted molar refractivity (Wildman–Crippen MR) is 157 cm³/mol. The van der Waals surface area contributed by atoms with Crippen molar-refractivity contribution in [2.45, 2.75) is 19.8 Å². The van der Waals surface area contributed by atoms with Gasteiger partial charge in [-0.15, -0.1) is 10.2 Å². The van der Waals surface area contributed by atoms with Crippen LogP contribution in [0.25, 0.3) is 56.4 Å². The minimum atomic E-state index is 0.854. The molecule has 7 rings (SSSR count). The van der Waals surface area contributed by atoms with Crippen LogP contribution in [0.15, 0.2) is 115 Å². The maximum absolute atomic E-state index is 4.80. The number of hydrogen-bond acceptors (Lipinski definition) is 2. The summed E-state index contributed by atoms with van der Waals surface area (Å²) in [5, 5.41) is 12.0. The minimum Gasteiger partial charge on any atom is -0.274 e. The summed E-state index contributed by atoms with van der Waals surface area (Å²) in [4.78, 5) is 0. The van der Waals surface area contributed by atoms with Crippen LogP contribution in [-0.4, -0.2) is 14.8 Å². The molecule has 1 aromatic heterocycles. The third-order valence-electron chi connectivity index (χ3n) is 7.47. The molecule has 0 radical (unpaired) electrons. The van der Waals surface area contributed by atoms with Crippen molar-refractivity contribution < 1.29 is 0 Å². The van der Waals surface area contributed by atoms with Crippen LogP contribution in [0.1, 0.15) is 23.1 Å². The first-order chi connectivity index (χ1) is 18.8. The summed E-state index contributed by atoms with van der Waals surface area (Å²) < 4.78 is 2.29. The van der Waals surface area contributed by atoms with E-state index in [2.05, 4.69) is 127 Å². The summed E-state index contributed by atoms with van der Waals surface area (Å²) >= 11 is 0. The Hall–Kier alpha value is -4.76. The second-order valence-electron chi connectivity index (χ2n) is 9.95. The lowest BCUT2D eigenvalue weighted by Crippen LogP contribution is -2.08. The van der Waals surface area contributed by atoms with E-state index in [9.17, 15) is 0 Å². The van der Waals surface area contributed by atoms with Crippen LogP contribution < -0.4 is 0 Å². The molecule has 0 unspecified atom stereocenters. The molecule has 0 saturated carbocycles. The van der Waals surface area contributed by atoms with Crippen LogP contribution >= 0.6 is 0 Å². The Kier molecular flexibility index (Phi) is 5.48. The van der Waals surface area contributed by atoms with Crippen LogP contribution in [0.4, 0.5) is 0 Å². The van der Waals surface area contributed by atoms with Gasteiger partial charge in [0.25, 0.3) is 0 Å². The Morgan fingerprint density at radius 1 is 0.632 bits per heavy atom. The molecule has 0 N–H and O–H groups in total. The maximum Gasteiger partial charge on any atom is 0.168 e. The van der Waals surface area contributed by atoms with Gasteiger partial charge in [0, 0.05) is 16.5 Å². The summed E-state index contributed by atoms with van der Waals surface area (Å²) in [6.45, 7) is 2.12. The third kappa shape index (κ3) is 3.84. The number of nitrogens with zero attached hydrogens (tertiary/aromatic N) is 3. The van der Waals surface area contributed by atoms with Crippen LogP contribution in [0.5, 0.6) is 0 Å². The number of benzene rings is 5. The molecule has 0 atom stereocenters. The second kappa shape index (κ2) is 9.28. The SMILES string of the molecule is Cc1ccc(-c2ccc(-c3nnc(-c4ccccc4)n3-c3c4c(cc5ccccc35)C=CCC4)cc2)cc1. The topological polar surface area (TPSA) is 30.7 Å². The highest BCUT2D eigenvalue weighted by Gasteiger charge is 2.23. The van der Waals surface area contributed by atoms with Crippen LogP contribution in [0.2, 0.25) is 0 Å². The Morgan fingerprint density at radius 3 is 1.97 bits per heavy atom. The fourth-order valence-corrected chi connectivity index (χ4v) is 5.51. The molecule has 0 saturated heterocycles. The van der Waals surface area contributed by atoms with Gasteiger partial charge in [-0.3, -0.25) is 4.57 Å². The molecule has 0 aliphatic heterocycles. The van der Waals surface area contributed by atoms with Crippen LogP contribution in [-0.2, 0) is 6.42 Å². The molecule has 5 aromatic carbocycles. The quantitative estimate of drug-likeness (QED) is 0.248. The van der Waals surface area contributed by atoms with Crippen molar-refractivity contribution in [1.29, 1.82) is 0 Å². The van der Waals surface area contributed by atoms with E-state index < -0.39 is 0 Å². The number of rotatable bonds is 4. The van der Waals surface area contributed by atoms with Gasteiger partial charge in [-0.1, -0.05) is 121 Å². The van der Waals surface area contributed by atoms with Gasteiger partial charge in [0.1, 0.15) is 0 Å². The van der Waals surface area contributed by atoms with Crippen LogP contribution in [0, 0.1) is 6.92 Å². The average Bonchev–Trinajstić information content (AvgIpc) is 3.41. The zero-order chi connectivity index (χ0) is 25.5. The highest BCUT2D eigenvalue weighted by Crippen LogP contribution is 2.38. The first kappa shape index (κ1) is 22.4. The van der Waals surface area contributed by atoms with Crippen molar-refractivity contribution in [3.63, 3.8) is 0 Å². The Morgan fingerprint density at radius 2 is 1.24 bits per heavy atom. The van der Waals surface area contributed by atoms with Crippen molar-refractivity contribution in [3.05, 3.63) is 132 Å². The number of aryl methyl sites for hydroxylation is 1. The molecular weight excluding hydrogens is 462 g/mol. The normalized spacial score (nSPS) is 12.6. The zero-order valence-corrected chi connectivity index (χ0v) is 21.3. The van der Waals surface area contributed by atoms with E-state index in [1.807, 2.05) is 6.07 Å². The predicted octanol–water partition coefficient (Wildman–Crippen LogP) is 8.69. The molecule has 1 heterocycles. The lowest BCUT2D eigenvalue weighted by atomic mass is 9.91. The summed E-state index contributed by atoms with van der Waals surface area (Å²) in [6.07, 6.45) is 6.55. The molecule has 0 spiro atoms. The summed E-state index contributed by atoms with van der Waals surface area (Å²) in [7, 11) is 0. The van der Waals surface area contributed by atoms with Crippen LogP contribution in [0.3, 0.4) is 0 Å². The molecule has 1 aliphatic carbocycles. The molecule has 6 aromatic rings. The largest absolute Gasteiger partial charge is 0.274 e. The van der Waals surface area contributed by atoms with Crippen molar-refractivity contribution in [3.8, 4) is 39.6 Å². The molecule has 0 amide bonds. The van der Waals surface area contributed by atoms with E-state index in [-0.39, 0.29) is 0 Å². The molecule has 0 fully saturated rings. The fourth-order valence-electron chi connectivity index (χ4n) is 5.51. The van der Waals surface area contributed by atoms with E-state index in [0.29, 0.717) is 0 Å². The number of hydrogen-bond donors (Lipinski definition) is 0. The summed E-state index contributed by atoms with van der Waals surface area (Å²) in [5.41, 5.74) is 9.57. The minimum absolute atomic E-state index is 0.854. The van der Waals surface area contributed by atoms with E-state index >= 15 is 0 Å². The third-order valence-corrected chi connectivity index (χ3v) is 7.47. The van der Waals surface area contributed by atoms with Gasteiger partial charge in [-0.05, 0) is 53.5 Å². The Bertz CT molecular complexity index is 1790. The van der Waals surface area contributed by atoms with E-state index in [1.165, 1.54) is 44.3 Å². The zero-order valence-electron chi connectivity index (χ0n) is 21.3. The number of aromatic nitrogens is 3. The molecule has 3 heteroatoms. The van der Waals surface area contributed by atoms with Gasteiger partial charge in [-0.25, -0.2) is 0 Å². The molecule has 182 valence electrons. The van der Waals surface area contributed by atoms with Crippen molar-refractivity contribution in [2.24, 2.45) is 0 Å². The number of allylic oxidation sites excluding steroid dienone is 1. The second-order valence-corrected chi connectivity index (χ2v) is 9.95. The summed E-state index contributed by atoms with van der Waals surface area (Å²) in [5.74, 6) is 1.71.